The topological polar surface area (TPSA) is 101 Å². The zero-order valence-corrected chi connectivity index (χ0v) is 16.6. The van der Waals surface area contributed by atoms with Gasteiger partial charge in [0.1, 0.15) is 5.82 Å². The van der Waals surface area contributed by atoms with Crippen molar-refractivity contribution in [3.8, 4) is 11.4 Å². The Kier molecular flexibility index (Phi) is 4.94. The van der Waals surface area contributed by atoms with Crippen molar-refractivity contribution >= 4 is 16.9 Å². The maximum absolute atomic E-state index is 12.7. The molecule has 8 heteroatoms. The summed E-state index contributed by atoms with van der Waals surface area (Å²) in [4.78, 5) is 28.6. The fourth-order valence-electron chi connectivity index (χ4n) is 3.41. The first-order valence-electron chi connectivity index (χ1n) is 9.83. The van der Waals surface area contributed by atoms with E-state index < -0.39 is 0 Å². The molecule has 1 amide bonds. The lowest BCUT2D eigenvalue weighted by atomic mass is 10.1. The van der Waals surface area contributed by atoms with Crippen LogP contribution in [0.4, 0.5) is 0 Å². The number of amides is 1. The SMILES string of the molecule is O=C(NCc1cccc(-c2ncc[nH]2)c1)c1cnc2c(cnn2Cc2cccnc2)c1. The molecular weight excluding hydrogens is 390 g/mol. The fraction of sp³-hybridized carbons (Fsp3) is 0.0870. The Labute approximate surface area is 178 Å². The Bertz CT molecular complexity index is 1330. The van der Waals surface area contributed by atoms with E-state index in [-0.39, 0.29) is 5.91 Å². The molecule has 0 saturated carbocycles. The second-order valence-electron chi connectivity index (χ2n) is 7.12. The van der Waals surface area contributed by atoms with Gasteiger partial charge in [-0.15, -0.1) is 0 Å². The van der Waals surface area contributed by atoms with Crippen LogP contribution in [0.25, 0.3) is 22.4 Å². The van der Waals surface area contributed by atoms with Crippen LogP contribution in [0.15, 0.2) is 79.6 Å². The first kappa shape index (κ1) is 18.7. The number of nitrogens with zero attached hydrogens (tertiary/aromatic N) is 5. The Morgan fingerprint density at radius 2 is 1.94 bits per heavy atom. The first-order valence-corrected chi connectivity index (χ1v) is 9.83. The minimum absolute atomic E-state index is 0.183. The molecule has 1 aromatic carbocycles. The molecule has 0 fully saturated rings. The third kappa shape index (κ3) is 4.04. The molecule has 31 heavy (non-hydrogen) atoms. The summed E-state index contributed by atoms with van der Waals surface area (Å²) in [5.74, 6) is 0.615. The van der Waals surface area contributed by atoms with Crippen molar-refractivity contribution in [1.82, 2.24) is 35.0 Å². The van der Waals surface area contributed by atoms with Crippen LogP contribution in [0, 0.1) is 0 Å². The largest absolute Gasteiger partial charge is 0.348 e. The Morgan fingerprint density at radius 1 is 1.00 bits per heavy atom. The van der Waals surface area contributed by atoms with Crippen LogP contribution in [0.2, 0.25) is 0 Å². The summed E-state index contributed by atoms with van der Waals surface area (Å²) in [5, 5.41) is 8.17. The number of aromatic nitrogens is 6. The number of rotatable bonds is 6. The third-order valence-electron chi connectivity index (χ3n) is 4.94. The van der Waals surface area contributed by atoms with Gasteiger partial charge < -0.3 is 10.3 Å². The minimum atomic E-state index is -0.183. The standard InChI is InChI=1S/C23H19N7O/c31-23(28-12-16-3-1-5-18(9-16)21-25-7-8-26-21)20-10-19-14-29-30(22(19)27-13-20)15-17-4-2-6-24-11-17/h1-11,13-14H,12,15H2,(H,25,26)(H,28,31). The number of aromatic amines is 1. The highest BCUT2D eigenvalue weighted by Crippen LogP contribution is 2.17. The van der Waals surface area contributed by atoms with E-state index in [9.17, 15) is 4.79 Å². The highest BCUT2D eigenvalue weighted by molar-refractivity contribution is 5.96. The van der Waals surface area contributed by atoms with Crippen LogP contribution in [0.5, 0.6) is 0 Å². The first-order chi connectivity index (χ1) is 15.3. The number of hydrogen-bond donors (Lipinski definition) is 2. The summed E-state index contributed by atoms with van der Waals surface area (Å²) in [6.07, 6.45) is 10.3. The van der Waals surface area contributed by atoms with E-state index in [4.69, 9.17) is 0 Å². The van der Waals surface area contributed by atoms with E-state index >= 15 is 0 Å². The van der Waals surface area contributed by atoms with Crippen LogP contribution in [0.1, 0.15) is 21.5 Å². The summed E-state index contributed by atoms with van der Waals surface area (Å²) in [6, 6.07) is 13.6. The van der Waals surface area contributed by atoms with Gasteiger partial charge in [0.25, 0.3) is 5.91 Å². The molecule has 0 atom stereocenters. The molecule has 0 bridgehead atoms. The predicted octanol–water partition coefficient (Wildman–Crippen LogP) is 3.19. The zero-order valence-electron chi connectivity index (χ0n) is 16.6. The summed E-state index contributed by atoms with van der Waals surface area (Å²) in [7, 11) is 0. The van der Waals surface area contributed by atoms with Gasteiger partial charge in [0.05, 0.1) is 18.3 Å². The third-order valence-corrected chi connectivity index (χ3v) is 4.94. The van der Waals surface area contributed by atoms with E-state index in [0.29, 0.717) is 18.7 Å². The van der Waals surface area contributed by atoms with Crippen LogP contribution in [-0.2, 0) is 13.1 Å². The summed E-state index contributed by atoms with van der Waals surface area (Å²) < 4.78 is 1.80. The molecule has 0 saturated heterocycles. The Hall–Kier alpha value is -4.33. The monoisotopic (exact) mass is 409 g/mol. The van der Waals surface area contributed by atoms with Crippen molar-refractivity contribution in [2.75, 3.05) is 0 Å². The average Bonchev–Trinajstić information content (AvgIpc) is 3.49. The maximum Gasteiger partial charge on any atom is 0.253 e. The van der Waals surface area contributed by atoms with Crippen molar-refractivity contribution in [2.24, 2.45) is 0 Å². The smallest absolute Gasteiger partial charge is 0.253 e. The van der Waals surface area contributed by atoms with Crippen LogP contribution >= 0.6 is 0 Å². The van der Waals surface area contributed by atoms with Crippen LogP contribution in [-0.4, -0.2) is 35.6 Å². The van der Waals surface area contributed by atoms with E-state index in [1.807, 2.05) is 42.5 Å². The van der Waals surface area contributed by atoms with Crippen molar-refractivity contribution in [1.29, 1.82) is 0 Å². The Balaban J connectivity index is 1.29. The maximum atomic E-state index is 12.7. The van der Waals surface area contributed by atoms with Crippen molar-refractivity contribution in [3.63, 3.8) is 0 Å². The summed E-state index contributed by atoms with van der Waals surface area (Å²) >= 11 is 0. The summed E-state index contributed by atoms with van der Waals surface area (Å²) in [5.41, 5.74) is 4.22. The molecule has 5 aromatic rings. The van der Waals surface area contributed by atoms with Crippen molar-refractivity contribution in [2.45, 2.75) is 13.1 Å². The molecule has 0 aliphatic heterocycles. The number of fused-ring (bicyclic) bond motifs is 1. The van der Waals surface area contributed by atoms with Crippen LogP contribution in [0.3, 0.4) is 0 Å². The number of carbonyl (C=O) groups excluding carboxylic acids is 1. The fourth-order valence-corrected chi connectivity index (χ4v) is 3.41. The molecule has 152 valence electrons. The Morgan fingerprint density at radius 3 is 2.77 bits per heavy atom. The quantitative estimate of drug-likeness (QED) is 0.448. The van der Waals surface area contributed by atoms with Crippen molar-refractivity contribution in [3.05, 3.63) is 96.3 Å². The number of nitrogens with one attached hydrogen (secondary N) is 2. The second-order valence-corrected chi connectivity index (χ2v) is 7.12. The number of carbonyl (C=O) groups is 1. The van der Waals surface area contributed by atoms with Gasteiger partial charge in [-0.3, -0.25) is 9.78 Å². The molecule has 8 nitrogen and oxygen atoms in total. The number of imidazole rings is 1. The van der Waals surface area contributed by atoms with Gasteiger partial charge in [0, 0.05) is 48.5 Å². The number of benzene rings is 1. The zero-order chi connectivity index (χ0) is 21.0. The number of pyridine rings is 2. The van der Waals surface area contributed by atoms with Crippen LogP contribution < -0.4 is 5.32 Å². The number of hydrogen-bond acceptors (Lipinski definition) is 5. The molecular formula is C23H19N7O. The molecule has 0 spiro atoms. The lowest BCUT2D eigenvalue weighted by Crippen LogP contribution is -2.23. The van der Waals surface area contributed by atoms with Gasteiger partial charge in [-0.2, -0.15) is 5.10 Å². The molecule has 5 rings (SSSR count). The molecule has 4 heterocycles. The van der Waals surface area contributed by atoms with Gasteiger partial charge in [0.2, 0.25) is 0 Å². The molecule has 0 radical (unpaired) electrons. The lowest BCUT2D eigenvalue weighted by Gasteiger charge is -2.07. The van der Waals surface area contributed by atoms with Crippen molar-refractivity contribution < 1.29 is 4.79 Å². The normalized spacial score (nSPS) is 11.0. The minimum Gasteiger partial charge on any atom is -0.348 e. The van der Waals surface area contributed by atoms with E-state index in [2.05, 4.69) is 30.4 Å². The highest BCUT2D eigenvalue weighted by atomic mass is 16.1. The number of H-pyrrole nitrogens is 1. The molecule has 4 aromatic heterocycles. The second kappa shape index (κ2) is 8.19. The van der Waals surface area contributed by atoms with E-state index in [1.165, 1.54) is 0 Å². The van der Waals surface area contributed by atoms with Gasteiger partial charge in [0.15, 0.2) is 5.65 Å². The van der Waals surface area contributed by atoms with E-state index in [1.54, 1.807) is 41.9 Å². The van der Waals surface area contributed by atoms with Gasteiger partial charge in [-0.05, 0) is 29.3 Å². The molecule has 2 N–H and O–H groups in total. The van der Waals surface area contributed by atoms with Gasteiger partial charge in [-0.1, -0.05) is 24.3 Å². The van der Waals surface area contributed by atoms with E-state index in [0.717, 1.165) is 33.5 Å². The molecule has 0 aliphatic rings. The van der Waals surface area contributed by atoms with Gasteiger partial charge in [-0.25, -0.2) is 14.6 Å². The average molecular weight is 409 g/mol. The summed E-state index contributed by atoms with van der Waals surface area (Å²) in [6.45, 7) is 0.980. The predicted molar refractivity (Wildman–Crippen MR) is 116 cm³/mol. The lowest BCUT2D eigenvalue weighted by molar-refractivity contribution is 0.0950. The molecule has 0 unspecified atom stereocenters. The molecule has 0 aliphatic carbocycles. The highest BCUT2D eigenvalue weighted by Gasteiger charge is 2.11. The van der Waals surface area contributed by atoms with Gasteiger partial charge >= 0.3 is 0 Å².